The lowest BCUT2D eigenvalue weighted by atomic mass is 10.1. The fraction of sp³-hybridized carbons (Fsp3) is 0.350. The predicted molar refractivity (Wildman–Crippen MR) is 103 cm³/mol. The van der Waals surface area contributed by atoms with E-state index in [1.807, 2.05) is 43.3 Å². The minimum atomic E-state index is -0.0988. The zero-order valence-electron chi connectivity index (χ0n) is 14.6. The van der Waals surface area contributed by atoms with E-state index < -0.39 is 0 Å². The van der Waals surface area contributed by atoms with Crippen molar-refractivity contribution in [1.29, 1.82) is 0 Å². The Balaban J connectivity index is 1.66. The number of methoxy groups -OCH3 is 1. The Bertz CT molecular complexity index is 711. The minimum absolute atomic E-state index is 0.0673. The fourth-order valence-corrected chi connectivity index (χ4v) is 3.30. The lowest BCUT2D eigenvalue weighted by molar-refractivity contribution is -0.938. The second-order valence-corrected chi connectivity index (χ2v) is 7.51. The number of hydrogen-bond donors (Lipinski definition) is 2. The van der Waals surface area contributed by atoms with Gasteiger partial charge in [0.05, 0.1) is 13.2 Å². The Labute approximate surface area is 157 Å². The highest BCUT2D eigenvalue weighted by Gasteiger charge is 2.39. The van der Waals surface area contributed by atoms with Crippen LogP contribution >= 0.6 is 15.9 Å². The summed E-state index contributed by atoms with van der Waals surface area (Å²) in [6, 6.07) is 16.3. The fourth-order valence-electron chi connectivity index (χ4n) is 3.04. The van der Waals surface area contributed by atoms with Crippen molar-refractivity contribution in [3.05, 3.63) is 58.6 Å². The first kappa shape index (κ1) is 18.0. The molecule has 2 aromatic rings. The second-order valence-electron chi connectivity index (χ2n) is 6.59. The van der Waals surface area contributed by atoms with E-state index >= 15 is 0 Å². The summed E-state index contributed by atoms with van der Waals surface area (Å²) in [5, 5.41) is 3.04. The number of carbonyl (C=O) groups is 1. The van der Waals surface area contributed by atoms with Crippen LogP contribution < -0.4 is 15.0 Å². The highest BCUT2D eigenvalue weighted by Crippen LogP contribution is 2.18. The Kier molecular flexibility index (Phi) is 5.76. The standard InChI is InChI=1S/C20H23BrN2O2/c1-14(20(24)22-17-7-5-16(21)6-8-17)23(18-9-10-18)13-15-3-11-19(25-2)12-4-15/h3-8,11-12,14,18H,9-10,13H2,1-2H3,(H,22,24)/p+1/t14-/m0/s1. The first-order valence-corrected chi connectivity index (χ1v) is 9.41. The van der Waals surface area contributed by atoms with Crippen molar-refractivity contribution in [1.82, 2.24) is 0 Å². The third kappa shape index (κ3) is 4.83. The van der Waals surface area contributed by atoms with E-state index in [9.17, 15) is 4.79 Å². The van der Waals surface area contributed by atoms with Gasteiger partial charge >= 0.3 is 0 Å². The first-order chi connectivity index (χ1) is 12.1. The van der Waals surface area contributed by atoms with Crippen LogP contribution in [0.2, 0.25) is 0 Å². The number of anilines is 1. The maximum Gasteiger partial charge on any atom is 0.282 e. The van der Waals surface area contributed by atoms with Crippen molar-refractivity contribution in [2.75, 3.05) is 12.4 Å². The molecule has 1 aliphatic carbocycles. The summed E-state index contributed by atoms with van der Waals surface area (Å²) in [4.78, 5) is 14.0. The molecule has 1 amide bonds. The zero-order valence-corrected chi connectivity index (χ0v) is 16.2. The summed E-state index contributed by atoms with van der Waals surface area (Å²) in [7, 11) is 1.67. The van der Waals surface area contributed by atoms with E-state index in [0.717, 1.165) is 22.5 Å². The van der Waals surface area contributed by atoms with Gasteiger partial charge in [-0.25, -0.2) is 0 Å². The molecule has 3 rings (SSSR count). The normalized spacial score (nSPS) is 16.1. The molecule has 5 heteroatoms. The molecule has 2 N–H and O–H groups in total. The second kappa shape index (κ2) is 8.02. The number of ether oxygens (including phenoxy) is 1. The summed E-state index contributed by atoms with van der Waals surface area (Å²) in [6.45, 7) is 2.87. The van der Waals surface area contributed by atoms with Gasteiger partial charge in [-0.05, 0) is 55.5 Å². The van der Waals surface area contributed by atoms with Crippen LogP contribution in [-0.4, -0.2) is 25.1 Å². The number of hydrogen-bond acceptors (Lipinski definition) is 2. The topological polar surface area (TPSA) is 42.8 Å². The molecule has 0 aliphatic heterocycles. The Morgan fingerprint density at radius 3 is 2.40 bits per heavy atom. The van der Waals surface area contributed by atoms with Gasteiger partial charge in [0, 0.05) is 28.6 Å². The van der Waals surface area contributed by atoms with Crippen LogP contribution in [0.1, 0.15) is 25.3 Å². The molecular weight excluding hydrogens is 380 g/mol. The quantitative estimate of drug-likeness (QED) is 0.745. The Morgan fingerprint density at radius 2 is 1.84 bits per heavy atom. The lowest BCUT2D eigenvalue weighted by Gasteiger charge is -2.25. The Morgan fingerprint density at radius 1 is 1.20 bits per heavy atom. The molecule has 0 spiro atoms. The van der Waals surface area contributed by atoms with Gasteiger partial charge in [-0.2, -0.15) is 0 Å². The highest BCUT2D eigenvalue weighted by atomic mass is 79.9. The van der Waals surface area contributed by atoms with E-state index in [0.29, 0.717) is 6.04 Å². The SMILES string of the molecule is COc1ccc(C[NH+](C2CC2)[C@@H](C)C(=O)Nc2ccc(Br)cc2)cc1. The molecule has 2 atom stereocenters. The average Bonchev–Trinajstić information content (AvgIpc) is 3.46. The van der Waals surface area contributed by atoms with Gasteiger partial charge < -0.3 is 15.0 Å². The molecule has 25 heavy (non-hydrogen) atoms. The molecule has 132 valence electrons. The van der Waals surface area contributed by atoms with Gasteiger partial charge in [-0.15, -0.1) is 0 Å². The van der Waals surface area contributed by atoms with Gasteiger partial charge in [-0.3, -0.25) is 4.79 Å². The van der Waals surface area contributed by atoms with Crippen LogP contribution in [0.3, 0.4) is 0 Å². The molecule has 1 fully saturated rings. The minimum Gasteiger partial charge on any atom is -0.497 e. The highest BCUT2D eigenvalue weighted by molar-refractivity contribution is 9.10. The molecule has 1 aliphatic rings. The van der Waals surface area contributed by atoms with Crippen LogP contribution in [-0.2, 0) is 11.3 Å². The van der Waals surface area contributed by atoms with E-state index in [1.54, 1.807) is 7.11 Å². The maximum absolute atomic E-state index is 12.7. The van der Waals surface area contributed by atoms with E-state index in [4.69, 9.17) is 4.74 Å². The van der Waals surface area contributed by atoms with Crippen molar-refractivity contribution >= 4 is 27.5 Å². The predicted octanol–water partition coefficient (Wildman–Crippen LogP) is 3.03. The van der Waals surface area contributed by atoms with Crippen molar-refractivity contribution in [3.63, 3.8) is 0 Å². The summed E-state index contributed by atoms with van der Waals surface area (Å²) in [6.07, 6.45) is 2.39. The number of amides is 1. The van der Waals surface area contributed by atoms with Crippen molar-refractivity contribution in [2.24, 2.45) is 0 Å². The van der Waals surface area contributed by atoms with Crippen molar-refractivity contribution in [3.8, 4) is 5.75 Å². The van der Waals surface area contributed by atoms with Crippen LogP contribution in [0.15, 0.2) is 53.0 Å². The number of quaternary nitrogens is 1. The molecule has 0 radical (unpaired) electrons. The summed E-state index contributed by atoms with van der Waals surface area (Å²) >= 11 is 3.41. The van der Waals surface area contributed by atoms with Gasteiger partial charge in [0.25, 0.3) is 5.91 Å². The van der Waals surface area contributed by atoms with Crippen LogP contribution in [0.5, 0.6) is 5.75 Å². The van der Waals surface area contributed by atoms with Crippen LogP contribution in [0.25, 0.3) is 0 Å². The summed E-state index contributed by atoms with van der Waals surface area (Å²) in [5.41, 5.74) is 2.06. The van der Waals surface area contributed by atoms with Crippen molar-refractivity contribution < 1.29 is 14.4 Å². The third-order valence-corrected chi connectivity index (χ3v) is 5.26. The molecule has 0 bridgehead atoms. The summed E-state index contributed by atoms with van der Waals surface area (Å²) < 4.78 is 6.22. The van der Waals surface area contributed by atoms with E-state index in [2.05, 4.69) is 33.4 Å². The molecule has 0 saturated heterocycles. The van der Waals surface area contributed by atoms with Gasteiger partial charge in [0.1, 0.15) is 12.3 Å². The monoisotopic (exact) mass is 403 g/mol. The Hall–Kier alpha value is -1.85. The van der Waals surface area contributed by atoms with E-state index in [1.165, 1.54) is 23.3 Å². The maximum atomic E-state index is 12.7. The molecule has 0 heterocycles. The van der Waals surface area contributed by atoms with Crippen LogP contribution in [0.4, 0.5) is 5.69 Å². The average molecular weight is 404 g/mol. The number of carbonyl (C=O) groups excluding carboxylic acids is 1. The molecule has 1 unspecified atom stereocenters. The smallest absolute Gasteiger partial charge is 0.282 e. The largest absolute Gasteiger partial charge is 0.497 e. The molecule has 2 aromatic carbocycles. The number of rotatable bonds is 7. The number of nitrogens with one attached hydrogen (secondary N) is 2. The number of halogens is 1. The molecule has 0 aromatic heterocycles. The number of benzene rings is 2. The van der Waals surface area contributed by atoms with Gasteiger partial charge in [0.2, 0.25) is 0 Å². The van der Waals surface area contributed by atoms with Gasteiger partial charge in [-0.1, -0.05) is 15.9 Å². The molecule has 1 saturated carbocycles. The van der Waals surface area contributed by atoms with Crippen LogP contribution in [0, 0.1) is 0 Å². The zero-order chi connectivity index (χ0) is 17.8. The summed E-state index contributed by atoms with van der Waals surface area (Å²) in [5.74, 6) is 0.926. The lowest BCUT2D eigenvalue weighted by Crippen LogP contribution is -3.16. The van der Waals surface area contributed by atoms with E-state index in [-0.39, 0.29) is 11.9 Å². The third-order valence-electron chi connectivity index (χ3n) is 4.73. The van der Waals surface area contributed by atoms with Gasteiger partial charge in [0.15, 0.2) is 6.04 Å². The first-order valence-electron chi connectivity index (χ1n) is 8.62. The molecular formula is C20H24BrN2O2+. The molecule has 4 nitrogen and oxygen atoms in total. The van der Waals surface area contributed by atoms with Crippen molar-refractivity contribution in [2.45, 2.75) is 38.4 Å².